The third-order valence-electron chi connectivity index (χ3n) is 11.1. The zero-order chi connectivity index (χ0) is 46.7. The molecule has 6 heteroatoms. The van der Waals surface area contributed by atoms with Crippen LogP contribution in [-0.4, -0.2) is 46.9 Å². The van der Waals surface area contributed by atoms with E-state index in [1.54, 1.807) is 6.08 Å². The fraction of sp³-hybridized carbons (Fsp3) is 0.655. The molecule has 64 heavy (non-hydrogen) atoms. The van der Waals surface area contributed by atoms with Gasteiger partial charge in [0, 0.05) is 6.42 Å². The number of nitrogens with one attached hydrogen (secondary N) is 1. The zero-order valence-electron chi connectivity index (χ0n) is 41.4. The lowest BCUT2D eigenvalue weighted by Crippen LogP contribution is -2.46. The quantitative estimate of drug-likeness (QED) is 0.0322. The molecule has 3 atom stereocenters. The highest BCUT2D eigenvalue weighted by molar-refractivity contribution is 5.78. The van der Waals surface area contributed by atoms with Gasteiger partial charge < -0.3 is 20.3 Å². The van der Waals surface area contributed by atoms with Crippen molar-refractivity contribution in [1.82, 2.24) is 5.32 Å². The maximum Gasteiger partial charge on any atom is 0.306 e. The number of hydrogen-bond donors (Lipinski definition) is 3. The fourth-order valence-corrected chi connectivity index (χ4v) is 7.21. The Bertz CT molecular complexity index is 1320. The highest BCUT2D eigenvalue weighted by Crippen LogP contribution is 2.15. The molecule has 0 aliphatic rings. The molecule has 1 amide bonds. The summed E-state index contributed by atoms with van der Waals surface area (Å²) in [5, 5.41) is 23.7. The largest absolute Gasteiger partial charge is 0.458 e. The molecule has 0 bridgehead atoms. The van der Waals surface area contributed by atoms with E-state index in [-0.39, 0.29) is 24.9 Å². The predicted molar refractivity (Wildman–Crippen MR) is 277 cm³/mol. The van der Waals surface area contributed by atoms with Crippen molar-refractivity contribution in [1.29, 1.82) is 0 Å². The maximum absolute atomic E-state index is 13.2. The van der Waals surface area contributed by atoms with E-state index in [1.165, 1.54) is 70.6 Å². The van der Waals surface area contributed by atoms with Gasteiger partial charge in [-0.15, -0.1) is 0 Å². The molecule has 0 fully saturated rings. The monoisotopic (exact) mass is 888 g/mol. The van der Waals surface area contributed by atoms with E-state index >= 15 is 0 Å². The third-order valence-corrected chi connectivity index (χ3v) is 11.1. The molecule has 0 aliphatic carbocycles. The first-order chi connectivity index (χ1) is 31.5. The second-order valence-electron chi connectivity index (χ2n) is 17.2. The molecule has 0 aromatic heterocycles. The van der Waals surface area contributed by atoms with Crippen LogP contribution in [0.1, 0.15) is 220 Å². The Kier molecular flexibility index (Phi) is 47.8. The van der Waals surface area contributed by atoms with Crippen molar-refractivity contribution in [3.63, 3.8) is 0 Å². The smallest absolute Gasteiger partial charge is 0.306 e. The summed E-state index contributed by atoms with van der Waals surface area (Å²) in [6.07, 6.45) is 68.9. The molecule has 6 nitrogen and oxygen atoms in total. The van der Waals surface area contributed by atoms with E-state index < -0.39 is 18.2 Å². The minimum atomic E-state index is -0.830. The minimum Gasteiger partial charge on any atom is -0.458 e. The van der Waals surface area contributed by atoms with E-state index in [0.717, 1.165) is 103 Å². The summed E-state index contributed by atoms with van der Waals surface area (Å²) in [5.74, 6) is -0.664. The highest BCUT2D eigenvalue weighted by Gasteiger charge is 2.23. The molecule has 364 valence electrons. The molecule has 0 heterocycles. The molecule has 0 aromatic carbocycles. The van der Waals surface area contributed by atoms with Crippen molar-refractivity contribution < 1.29 is 24.5 Å². The number of aliphatic hydroxyl groups is 2. The van der Waals surface area contributed by atoms with Gasteiger partial charge in [-0.05, 0) is 89.5 Å². The first-order valence-electron chi connectivity index (χ1n) is 26.1. The molecule has 0 aliphatic heterocycles. The van der Waals surface area contributed by atoms with Crippen LogP contribution < -0.4 is 5.32 Å². The van der Waals surface area contributed by atoms with Crippen LogP contribution >= 0.6 is 0 Å². The van der Waals surface area contributed by atoms with E-state index in [9.17, 15) is 19.8 Å². The maximum atomic E-state index is 13.2. The Balaban J connectivity index is 4.81. The average Bonchev–Trinajstić information content (AvgIpc) is 3.29. The Labute approximate surface area is 394 Å². The zero-order valence-corrected chi connectivity index (χ0v) is 41.4. The van der Waals surface area contributed by atoms with Gasteiger partial charge in [-0.25, -0.2) is 0 Å². The van der Waals surface area contributed by atoms with Crippen molar-refractivity contribution in [3.8, 4) is 0 Å². The van der Waals surface area contributed by atoms with E-state index in [0.29, 0.717) is 19.3 Å². The molecule has 0 rings (SSSR count). The minimum absolute atomic E-state index is 0.0626. The van der Waals surface area contributed by atoms with Crippen LogP contribution in [0.25, 0.3) is 0 Å². The van der Waals surface area contributed by atoms with Crippen LogP contribution in [0.15, 0.2) is 109 Å². The Hall–Kier alpha value is -3.48. The summed E-state index contributed by atoms with van der Waals surface area (Å²) >= 11 is 0. The molecule has 0 saturated carbocycles. The SMILES string of the molecule is CC/C=C\C/C=C\C/C=C\C/C=C\C/C=C\C/C=C\C(CC(=O)NC(CO)C(O)CCCCCCCCCCCCCCCC)OC(=O)CCCCCC/C=C/C/C=C/C/C=C/CC. The Morgan fingerprint density at radius 3 is 1.33 bits per heavy atom. The summed E-state index contributed by atoms with van der Waals surface area (Å²) < 4.78 is 5.81. The van der Waals surface area contributed by atoms with Crippen LogP contribution in [0.4, 0.5) is 0 Å². The summed E-state index contributed by atoms with van der Waals surface area (Å²) in [7, 11) is 0. The third kappa shape index (κ3) is 45.1. The molecule has 0 saturated heterocycles. The van der Waals surface area contributed by atoms with Crippen molar-refractivity contribution in [3.05, 3.63) is 109 Å². The topological polar surface area (TPSA) is 95.9 Å². The normalized spacial score (nSPS) is 14.1. The van der Waals surface area contributed by atoms with Gasteiger partial charge in [0.1, 0.15) is 6.10 Å². The van der Waals surface area contributed by atoms with E-state index in [1.807, 2.05) is 6.08 Å². The molecule has 0 radical (unpaired) electrons. The average molecular weight is 888 g/mol. The number of ether oxygens (including phenoxy) is 1. The molecule has 3 N–H and O–H groups in total. The highest BCUT2D eigenvalue weighted by atomic mass is 16.5. The van der Waals surface area contributed by atoms with Gasteiger partial charge in [-0.3, -0.25) is 9.59 Å². The number of carbonyl (C=O) groups is 2. The number of amides is 1. The van der Waals surface area contributed by atoms with Crippen molar-refractivity contribution in [2.45, 2.75) is 238 Å². The number of carbonyl (C=O) groups excluding carboxylic acids is 2. The van der Waals surface area contributed by atoms with E-state index in [2.05, 4.69) is 123 Å². The number of esters is 1. The number of aliphatic hydroxyl groups excluding tert-OH is 2. The summed E-state index contributed by atoms with van der Waals surface area (Å²) in [4.78, 5) is 26.1. The first kappa shape index (κ1) is 60.5. The lowest BCUT2D eigenvalue weighted by molar-refractivity contribution is -0.148. The summed E-state index contributed by atoms with van der Waals surface area (Å²) in [5.41, 5.74) is 0. The number of allylic oxidation sites excluding steroid dienone is 17. The molecule has 3 unspecified atom stereocenters. The van der Waals surface area contributed by atoms with Crippen LogP contribution in [0.5, 0.6) is 0 Å². The second kappa shape index (κ2) is 50.5. The van der Waals surface area contributed by atoms with Crippen LogP contribution in [0, 0.1) is 0 Å². The van der Waals surface area contributed by atoms with Gasteiger partial charge in [0.15, 0.2) is 0 Å². The van der Waals surface area contributed by atoms with Crippen molar-refractivity contribution in [2.24, 2.45) is 0 Å². The number of rotatable bonds is 45. The standard InChI is InChI=1S/C58H97NO5/c1-4-7-10-13-16-19-22-25-28-29-30-31-34-37-40-43-46-49-54(64-58(63)51-48-45-42-39-36-33-27-24-21-18-15-12-9-6-3)52-57(62)59-55(53-60)56(61)50-47-44-41-38-35-32-26-23-20-17-14-11-8-5-2/h7,9-10,12,16,18-19,21,25,27-28,30-31,33,37,40,46,49,54-56,60-61H,4-6,8,11,13-15,17,20,22-24,26,29,32,34-36,38-39,41-45,47-48,50-53H2,1-3H3,(H,59,62)/b10-7-,12-9+,19-16-,21-18+,28-25-,31-30-,33-27+,40-37-,49-46-. The molecular weight excluding hydrogens is 791 g/mol. The van der Waals surface area contributed by atoms with Gasteiger partial charge >= 0.3 is 5.97 Å². The molecule has 0 aromatic rings. The van der Waals surface area contributed by atoms with Gasteiger partial charge in [-0.2, -0.15) is 0 Å². The fourth-order valence-electron chi connectivity index (χ4n) is 7.21. The van der Waals surface area contributed by atoms with Gasteiger partial charge in [0.25, 0.3) is 0 Å². The lowest BCUT2D eigenvalue weighted by atomic mass is 10.0. The Morgan fingerprint density at radius 1 is 0.484 bits per heavy atom. The van der Waals surface area contributed by atoms with Gasteiger partial charge in [0.05, 0.1) is 25.2 Å². The molecular formula is C58H97NO5. The van der Waals surface area contributed by atoms with Gasteiger partial charge in [0.2, 0.25) is 5.91 Å². The van der Waals surface area contributed by atoms with Crippen molar-refractivity contribution in [2.75, 3.05) is 6.61 Å². The van der Waals surface area contributed by atoms with Crippen LogP contribution in [0.3, 0.4) is 0 Å². The summed E-state index contributed by atoms with van der Waals surface area (Å²) in [6, 6.07) is -0.754. The van der Waals surface area contributed by atoms with Gasteiger partial charge in [-0.1, -0.05) is 227 Å². The molecule has 0 spiro atoms. The first-order valence-corrected chi connectivity index (χ1v) is 26.1. The van der Waals surface area contributed by atoms with Crippen LogP contribution in [-0.2, 0) is 14.3 Å². The Morgan fingerprint density at radius 2 is 0.875 bits per heavy atom. The van der Waals surface area contributed by atoms with Crippen molar-refractivity contribution >= 4 is 11.9 Å². The van der Waals surface area contributed by atoms with E-state index in [4.69, 9.17) is 4.74 Å². The number of unbranched alkanes of at least 4 members (excludes halogenated alkanes) is 17. The number of hydrogen-bond acceptors (Lipinski definition) is 5. The van der Waals surface area contributed by atoms with Crippen LogP contribution in [0.2, 0.25) is 0 Å². The summed E-state index contributed by atoms with van der Waals surface area (Å²) in [6.45, 7) is 6.21. The predicted octanol–water partition coefficient (Wildman–Crippen LogP) is 15.9. The lowest BCUT2D eigenvalue weighted by Gasteiger charge is -2.23. The second-order valence-corrected chi connectivity index (χ2v) is 17.2.